The number of esters is 1. The van der Waals surface area contributed by atoms with Crippen molar-refractivity contribution in [3.63, 3.8) is 0 Å². The Kier molecular flexibility index (Phi) is 3.97. The van der Waals surface area contributed by atoms with E-state index in [1.54, 1.807) is 0 Å². The topological polar surface area (TPSA) is 75.0 Å². The number of imidazole rings is 1. The van der Waals surface area contributed by atoms with E-state index >= 15 is 0 Å². The molecule has 0 radical (unpaired) electrons. The summed E-state index contributed by atoms with van der Waals surface area (Å²) in [6.07, 6.45) is 3.45. The van der Waals surface area contributed by atoms with Gasteiger partial charge in [0.15, 0.2) is 0 Å². The molecule has 0 amide bonds. The predicted octanol–water partition coefficient (Wildman–Crippen LogP) is 0.589. The van der Waals surface area contributed by atoms with E-state index in [0.29, 0.717) is 12.3 Å². The lowest BCUT2D eigenvalue weighted by molar-refractivity contribution is -0.142. The summed E-state index contributed by atoms with van der Waals surface area (Å²) in [7, 11) is 0. The largest absolute Gasteiger partial charge is 0.465 e. The SMILES string of the molecule is CCCCOC(=O)Cc1c[nH]c(=O)[nH]1. The summed E-state index contributed by atoms with van der Waals surface area (Å²) in [5.41, 5.74) is 0.248. The Morgan fingerprint density at radius 3 is 2.93 bits per heavy atom. The number of unbranched alkanes of at least 4 members (excludes halogenated alkanes) is 1. The first kappa shape index (κ1) is 10.6. The van der Waals surface area contributed by atoms with Gasteiger partial charge in [-0.15, -0.1) is 0 Å². The predicted molar refractivity (Wildman–Crippen MR) is 51.0 cm³/mol. The molecule has 5 heteroatoms. The van der Waals surface area contributed by atoms with Crippen LogP contribution in [0.5, 0.6) is 0 Å². The first-order valence-electron chi connectivity index (χ1n) is 4.64. The molecule has 1 rings (SSSR count). The first-order valence-corrected chi connectivity index (χ1v) is 4.64. The van der Waals surface area contributed by atoms with Gasteiger partial charge in [0.25, 0.3) is 0 Å². The summed E-state index contributed by atoms with van der Waals surface area (Å²) in [5.74, 6) is -0.311. The van der Waals surface area contributed by atoms with Gasteiger partial charge in [-0.2, -0.15) is 0 Å². The molecule has 0 bridgehead atoms. The van der Waals surface area contributed by atoms with Gasteiger partial charge >= 0.3 is 11.7 Å². The van der Waals surface area contributed by atoms with Gasteiger partial charge in [0.05, 0.1) is 13.0 Å². The first-order chi connectivity index (χ1) is 6.72. The minimum Gasteiger partial charge on any atom is -0.465 e. The van der Waals surface area contributed by atoms with Crippen LogP contribution in [0.2, 0.25) is 0 Å². The molecule has 0 aliphatic heterocycles. The van der Waals surface area contributed by atoms with Crippen molar-refractivity contribution in [2.24, 2.45) is 0 Å². The Labute approximate surface area is 81.5 Å². The normalized spacial score (nSPS) is 10.1. The molecule has 0 aromatic carbocycles. The van der Waals surface area contributed by atoms with Crippen LogP contribution in [0, 0.1) is 0 Å². The lowest BCUT2D eigenvalue weighted by Crippen LogP contribution is -2.10. The van der Waals surface area contributed by atoms with Crippen molar-refractivity contribution in [1.29, 1.82) is 0 Å². The van der Waals surface area contributed by atoms with Gasteiger partial charge in [-0.1, -0.05) is 13.3 Å². The third-order valence-corrected chi connectivity index (χ3v) is 1.75. The standard InChI is InChI=1S/C9H14N2O3/c1-2-3-4-14-8(12)5-7-6-10-9(13)11-7/h6H,2-5H2,1H3,(H2,10,11,13). The summed E-state index contributed by atoms with van der Waals surface area (Å²) in [5, 5.41) is 0. The number of hydrogen-bond donors (Lipinski definition) is 2. The third-order valence-electron chi connectivity index (χ3n) is 1.75. The van der Waals surface area contributed by atoms with Crippen LogP contribution in [-0.4, -0.2) is 22.5 Å². The van der Waals surface area contributed by atoms with Crippen molar-refractivity contribution in [1.82, 2.24) is 9.97 Å². The Hall–Kier alpha value is -1.52. The van der Waals surface area contributed by atoms with Gasteiger partial charge in [-0.25, -0.2) is 4.79 Å². The number of hydrogen-bond acceptors (Lipinski definition) is 3. The van der Waals surface area contributed by atoms with E-state index in [4.69, 9.17) is 4.74 Å². The molecule has 0 aliphatic rings. The Morgan fingerprint density at radius 1 is 1.57 bits per heavy atom. The zero-order valence-electron chi connectivity index (χ0n) is 8.13. The highest BCUT2D eigenvalue weighted by molar-refractivity contribution is 5.71. The number of ether oxygens (including phenoxy) is 1. The molecular formula is C9H14N2O3. The summed E-state index contributed by atoms with van der Waals surface area (Å²) >= 11 is 0. The summed E-state index contributed by atoms with van der Waals surface area (Å²) in [6, 6.07) is 0. The molecule has 0 atom stereocenters. The molecule has 1 aromatic rings. The van der Waals surface area contributed by atoms with Gasteiger partial charge in [0.1, 0.15) is 0 Å². The van der Waals surface area contributed by atoms with Gasteiger partial charge < -0.3 is 14.7 Å². The van der Waals surface area contributed by atoms with Gasteiger partial charge in [-0.05, 0) is 6.42 Å². The molecule has 0 saturated heterocycles. The van der Waals surface area contributed by atoms with E-state index in [-0.39, 0.29) is 18.1 Å². The minimum absolute atomic E-state index is 0.114. The highest BCUT2D eigenvalue weighted by Crippen LogP contribution is 1.95. The van der Waals surface area contributed by atoms with Gasteiger partial charge in [-0.3, -0.25) is 4.79 Å². The number of rotatable bonds is 5. The molecule has 0 spiro atoms. The van der Waals surface area contributed by atoms with Crippen molar-refractivity contribution in [2.75, 3.05) is 6.61 Å². The highest BCUT2D eigenvalue weighted by atomic mass is 16.5. The Balaban J connectivity index is 2.30. The summed E-state index contributed by atoms with van der Waals surface area (Å²) in [6.45, 7) is 2.47. The molecule has 1 heterocycles. The van der Waals surface area contributed by atoms with Crippen LogP contribution in [0.1, 0.15) is 25.5 Å². The molecule has 14 heavy (non-hydrogen) atoms. The Bertz CT molecular complexity index is 340. The van der Waals surface area contributed by atoms with Crippen LogP contribution < -0.4 is 5.69 Å². The van der Waals surface area contributed by atoms with E-state index in [0.717, 1.165) is 12.8 Å². The lowest BCUT2D eigenvalue weighted by Gasteiger charge is -2.01. The number of nitrogens with one attached hydrogen (secondary N) is 2. The van der Waals surface area contributed by atoms with Crippen molar-refractivity contribution in [3.8, 4) is 0 Å². The fraction of sp³-hybridized carbons (Fsp3) is 0.556. The molecule has 2 N–H and O–H groups in total. The van der Waals surface area contributed by atoms with E-state index in [9.17, 15) is 9.59 Å². The minimum atomic E-state index is -0.311. The second-order valence-corrected chi connectivity index (χ2v) is 3.02. The molecule has 0 fully saturated rings. The van der Waals surface area contributed by atoms with Gasteiger partial charge in [0.2, 0.25) is 0 Å². The number of aromatic amines is 2. The maximum Gasteiger partial charge on any atom is 0.323 e. The number of aromatic nitrogens is 2. The van der Waals surface area contributed by atoms with Crippen LogP contribution in [0.3, 0.4) is 0 Å². The molecule has 1 aromatic heterocycles. The van der Waals surface area contributed by atoms with Crippen molar-refractivity contribution in [3.05, 3.63) is 22.4 Å². The van der Waals surface area contributed by atoms with Crippen LogP contribution in [0.25, 0.3) is 0 Å². The van der Waals surface area contributed by atoms with E-state index < -0.39 is 0 Å². The fourth-order valence-corrected chi connectivity index (χ4v) is 1.00. The summed E-state index contributed by atoms with van der Waals surface area (Å²) in [4.78, 5) is 26.7. The maximum absolute atomic E-state index is 11.1. The average molecular weight is 198 g/mol. The van der Waals surface area contributed by atoms with Crippen LogP contribution in [0.4, 0.5) is 0 Å². The molecule has 0 aliphatic carbocycles. The van der Waals surface area contributed by atoms with Crippen molar-refractivity contribution in [2.45, 2.75) is 26.2 Å². The molecule has 78 valence electrons. The zero-order valence-corrected chi connectivity index (χ0v) is 8.13. The molecule has 5 nitrogen and oxygen atoms in total. The van der Waals surface area contributed by atoms with Crippen LogP contribution in [-0.2, 0) is 16.0 Å². The smallest absolute Gasteiger partial charge is 0.323 e. The van der Waals surface area contributed by atoms with E-state index in [2.05, 4.69) is 9.97 Å². The second-order valence-electron chi connectivity index (χ2n) is 3.02. The van der Waals surface area contributed by atoms with Gasteiger partial charge in [0, 0.05) is 11.9 Å². The average Bonchev–Trinajstić information content (AvgIpc) is 2.52. The quantitative estimate of drug-likeness (QED) is 0.537. The molecule has 0 saturated carbocycles. The van der Waals surface area contributed by atoms with E-state index in [1.807, 2.05) is 6.92 Å². The Morgan fingerprint density at radius 2 is 2.36 bits per heavy atom. The molecule has 0 unspecified atom stereocenters. The number of carbonyl (C=O) groups is 1. The summed E-state index contributed by atoms with van der Waals surface area (Å²) < 4.78 is 4.92. The van der Waals surface area contributed by atoms with Crippen molar-refractivity contribution >= 4 is 5.97 Å². The third kappa shape index (κ3) is 3.47. The number of H-pyrrole nitrogens is 2. The maximum atomic E-state index is 11.1. The molecular weight excluding hydrogens is 184 g/mol. The van der Waals surface area contributed by atoms with Crippen LogP contribution >= 0.6 is 0 Å². The van der Waals surface area contributed by atoms with E-state index in [1.165, 1.54) is 6.20 Å². The van der Waals surface area contributed by atoms with Crippen molar-refractivity contribution < 1.29 is 9.53 Å². The lowest BCUT2D eigenvalue weighted by atomic mass is 10.3. The zero-order chi connectivity index (χ0) is 10.4. The number of carbonyl (C=O) groups excluding carboxylic acids is 1. The van der Waals surface area contributed by atoms with Crippen LogP contribution in [0.15, 0.2) is 11.0 Å². The second kappa shape index (κ2) is 5.26. The highest BCUT2D eigenvalue weighted by Gasteiger charge is 2.05. The fourth-order valence-electron chi connectivity index (χ4n) is 1.00. The monoisotopic (exact) mass is 198 g/mol.